The molecule has 1 heterocycles. The van der Waals surface area contributed by atoms with Crippen molar-refractivity contribution in [3.05, 3.63) is 69.2 Å². The van der Waals surface area contributed by atoms with Crippen LogP contribution in [0, 0.1) is 6.92 Å². The second-order valence-electron chi connectivity index (χ2n) is 6.16. The van der Waals surface area contributed by atoms with Crippen molar-refractivity contribution in [2.24, 2.45) is 0 Å². The molecule has 0 saturated carbocycles. The van der Waals surface area contributed by atoms with Crippen LogP contribution in [0.3, 0.4) is 0 Å². The molecule has 126 valence electrons. The first-order valence-electron chi connectivity index (χ1n) is 8.06. The number of halogens is 2. The second kappa shape index (κ2) is 7.56. The number of hydrogen-bond acceptors (Lipinski definition) is 2. The molecule has 1 aliphatic rings. The Morgan fingerprint density at radius 2 is 1.75 bits per heavy atom. The van der Waals surface area contributed by atoms with Gasteiger partial charge in [-0.05, 0) is 24.6 Å². The van der Waals surface area contributed by atoms with E-state index in [1.807, 2.05) is 4.90 Å². The number of nitrogens with zero attached hydrogens (tertiary/aromatic N) is 2. The minimum absolute atomic E-state index is 0.0438. The molecular formula is C19H20Cl2N2O. The highest BCUT2D eigenvalue weighted by molar-refractivity contribution is 6.43. The fourth-order valence-corrected chi connectivity index (χ4v) is 3.40. The Morgan fingerprint density at radius 3 is 2.46 bits per heavy atom. The van der Waals surface area contributed by atoms with Crippen LogP contribution < -0.4 is 0 Å². The summed E-state index contributed by atoms with van der Waals surface area (Å²) in [6.07, 6.45) is 0. The van der Waals surface area contributed by atoms with Gasteiger partial charge >= 0.3 is 0 Å². The van der Waals surface area contributed by atoms with Gasteiger partial charge in [0, 0.05) is 32.7 Å². The van der Waals surface area contributed by atoms with Crippen molar-refractivity contribution in [1.82, 2.24) is 9.80 Å². The van der Waals surface area contributed by atoms with Gasteiger partial charge in [-0.2, -0.15) is 0 Å². The molecule has 2 aromatic carbocycles. The van der Waals surface area contributed by atoms with Crippen molar-refractivity contribution in [1.29, 1.82) is 0 Å². The van der Waals surface area contributed by atoms with Crippen LogP contribution in [0.5, 0.6) is 0 Å². The number of aryl methyl sites for hydroxylation is 1. The highest BCUT2D eigenvalue weighted by atomic mass is 35.5. The summed E-state index contributed by atoms with van der Waals surface area (Å²) in [7, 11) is 0. The lowest BCUT2D eigenvalue weighted by Crippen LogP contribution is -2.48. The van der Waals surface area contributed by atoms with E-state index >= 15 is 0 Å². The maximum absolute atomic E-state index is 12.6. The lowest BCUT2D eigenvalue weighted by atomic mass is 10.1. The zero-order chi connectivity index (χ0) is 17.1. The maximum atomic E-state index is 12.6. The topological polar surface area (TPSA) is 23.6 Å². The predicted octanol–water partition coefficient (Wildman–Crippen LogP) is 4.26. The van der Waals surface area contributed by atoms with Gasteiger partial charge < -0.3 is 4.90 Å². The number of carbonyl (C=O) groups is 1. The second-order valence-corrected chi connectivity index (χ2v) is 6.94. The molecule has 2 aromatic rings. The van der Waals surface area contributed by atoms with Gasteiger partial charge in [0.1, 0.15) is 0 Å². The lowest BCUT2D eigenvalue weighted by Gasteiger charge is -2.35. The first-order chi connectivity index (χ1) is 11.5. The normalized spacial score (nSPS) is 15.5. The third kappa shape index (κ3) is 3.92. The van der Waals surface area contributed by atoms with Crippen LogP contribution in [0.1, 0.15) is 21.5 Å². The third-order valence-corrected chi connectivity index (χ3v) is 5.15. The van der Waals surface area contributed by atoms with Gasteiger partial charge in [0.15, 0.2) is 0 Å². The number of rotatable bonds is 3. The minimum atomic E-state index is -0.0438. The molecule has 1 saturated heterocycles. The van der Waals surface area contributed by atoms with Crippen LogP contribution in [0.25, 0.3) is 0 Å². The van der Waals surface area contributed by atoms with Gasteiger partial charge in [0.2, 0.25) is 0 Å². The average molecular weight is 363 g/mol. The summed E-state index contributed by atoms with van der Waals surface area (Å²) in [5.41, 5.74) is 3.07. The van der Waals surface area contributed by atoms with Crippen molar-refractivity contribution >= 4 is 29.1 Å². The fraction of sp³-hybridized carbons (Fsp3) is 0.316. The highest BCUT2D eigenvalue weighted by Crippen LogP contribution is 2.26. The van der Waals surface area contributed by atoms with E-state index in [4.69, 9.17) is 23.2 Å². The van der Waals surface area contributed by atoms with Crippen molar-refractivity contribution in [2.75, 3.05) is 26.2 Å². The molecule has 3 rings (SSSR count). The van der Waals surface area contributed by atoms with Gasteiger partial charge in [0.05, 0.1) is 15.6 Å². The number of carbonyl (C=O) groups excluding carboxylic acids is 1. The standard InChI is InChI=1S/C19H20Cl2N2O/c1-14-4-2-5-15(12-14)13-22-8-10-23(11-9-22)19(24)16-6-3-7-17(20)18(16)21/h2-7,12H,8-11,13H2,1H3. The Morgan fingerprint density at radius 1 is 1.04 bits per heavy atom. The van der Waals surface area contributed by atoms with E-state index in [1.165, 1.54) is 11.1 Å². The molecular weight excluding hydrogens is 343 g/mol. The van der Waals surface area contributed by atoms with E-state index in [1.54, 1.807) is 18.2 Å². The van der Waals surface area contributed by atoms with Crippen LogP contribution >= 0.6 is 23.2 Å². The summed E-state index contributed by atoms with van der Waals surface area (Å²) in [5, 5.41) is 0.756. The first kappa shape index (κ1) is 17.3. The predicted molar refractivity (Wildman–Crippen MR) is 98.8 cm³/mol. The van der Waals surface area contributed by atoms with Crippen LogP contribution in [0.4, 0.5) is 0 Å². The Hall–Kier alpha value is -1.55. The molecule has 5 heteroatoms. The molecule has 0 bridgehead atoms. The van der Waals surface area contributed by atoms with Gasteiger partial charge in [-0.3, -0.25) is 9.69 Å². The number of amides is 1. The quantitative estimate of drug-likeness (QED) is 0.814. The summed E-state index contributed by atoms with van der Waals surface area (Å²) in [4.78, 5) is 16.9. The summed E-state index contributed by atoms with van der Waals surface area (Å²) in [6.45, 7) is 6.15. The smallest absolute Gasteiger partial charge is 0.255 e. The Labute approximate surface area is 152 Å². The molecule has 0 N–H and O–H groups in total. The molecule has 24 heavy (non-hydrogen) atoms. The summed E-state index contributed by atoms with van der Waals surface area (Å²) >= 11 is 12.2. The molecule has 1 fully saturated rings. The van der Waals surface area contributed by atoms with Crippen LogP contribution in [-0.4, -0.2) is 41.9 Å². The fourth-order valence-electron chi connectivity index (χ4n) is 3.02. The van der Waals surface area contributed by atoms with E-state index < -0.39 is 0 Å². The highest BCUT2D eigenvalue weighted by Gasteiger charge is 2.24. The van der Waals surface area contributed by atoms with E-state index in [0.717, 1.165) is 19.6 Å². The van der Waals surface area contributed by atoms with E-state index in [0.29, 0.717) is 28.7 Å². The summed E-state index contributed by atoms with van der Waals surface area (Å²) in [6, 6.07) is 13.7. The molecule has 0 radical (unpaired) electrons. The van der Waals surface area contributed by atoms with Crippen molar-refractivity contribution in [3.8, 4) is 0 Å². The minimum Gasteiger partial charge on any atom is -0.336 e. The molecule has 0 spiro atoms. The van der Waals surface area contributed by atoms with Crippen LogP contribution in [0.2, 0.25) is 10.0 Å². The van der Waals surface area contributed by atoms with E-state index in [2.05, 4.69) is 36.1 Å². The molecule has 0 atom stereocenters. The largest absolute Gasteiger partial charge is 0.336 e. The van der Waals surface area contributed by atoms with Crippen LogP contribution in [0.15, 0.2) is 42.5 Å². The van der Waals surface area contributed by atoms with Crippen molar-refractivity contribution in [3.63, 3.8) is 0 Å². The maximum Gasteiger partial charge on any atom is 0.255 e. The zero-order valence-electron chi connectivity index (χ0n) is 13.6. The third-order valence-electron chi connectivity index (χ3n) is 4.33. The molecule has 1 amide bonds. The molecule has 3 nitrogen and oxygen atoms in total. The number of piperazine rings is 1. The monoisotopic (exact) mass is 362 g/mol. The Kier molecular flexibility index (Phi) is 5.44. The molecule has 0 aromatic heterocycles. The molecule has 0 aliphatic carbocycles. The van der Waals surface area contributed by atoms with Gasteiger partial charge in [-0.25, -0.2) is 0 Å². The van der Waals surface area contributed by atoms with E-state index in [9.17, 15) is 4.79 Å². The number of benzene rings is 2. The van der Waals surface area contributed by atoms with Crippen molar-refractivity contribution in [2.45, 2.75) is 13.5 Å². The lowest BCUT2D eigenvalue weighted by molar-refractivity contribution is 0.0628. The SMILES string of the molecule is Cc1cccc(CN2CCN(C(=O)c3cccc(Cl)c3Cl)CC2)c1. The number of hydrogen-bond donors (Lipinski definition) is 0. The zero-order valence-corrected chi connectivity index (χ0v) is 15.1. The molecule has 0 unspecified atom stereocenters. The Bertz CT molecular complexity index is 740. The average Bonchev–Trinajstić information content (AvgIpc) is 2.57. The first-order valence-corrected chi connectivity index (χ1v) is 8.81. The summed E-state index contributed by atoms with van der Waals surface area (Å²) in [5.74, 6) is -0.0438. The van der Waals surface area contributed by atoms with Gasteiger partial charge in [-0.15, -0.1) is 0 Å². The molecule has 1 aliphatic heterocycles. The van der Waals surface area contributed by atoms with Gasteiger partial charge in [0.25, 0.3) is 5.91 Å². The van der Waals surface area contributed by atoms with Crippen LogP contribution in [-0.2, 0) is 6.54 Å². The summed E-state index contributed by atoms with van der Waals surface area (Å²) < 4.78 is 0. The Balaban J connectivity index is 1.60. The van der Waals surface area contributed by atoms with Gasteiger partial charge in [-0.1, -0.05) is 59.1 Å². The van der Waals surface area contributed by atoms with E-state index in [-0.39, 0.29) is 5.91 Å². The van der Waals surface area contributed by atoms with Crippen molar-refractivity contribution < 1.29 is 4.79 Å².